The van der Waals surface area contributed by atoms with Gasteiger partial charge < -0.3 is 14.4 Å². The Bertz CT molecular complexity index is 1570. The zero-order valence-corrected chi connectivity index (χ0v) is 25.5. The van der Waals surface area contributed by atoms with Crippen LogP contribution < -0.4 is 4.74 Å². The van der Waals surface area contributed by atoms with Crippen molar-refractivity contribution in [1.82, 2.24) is 4.90 Å². The number of hydrogen-bond acceptors (Lipinski definition) is 5. The summed E-state index contributed by atoms with van der Waals surface area (Å²) in [7, 11) is 1.70. The van der Waals surface area contributed by atoms with Crippen LogP contribution in [0.5, 0.6) is 5.75 Å². The number of allylic oxidation sites excluding steroid dienone is 4. The largest absolute Gasteiger partial charge is 0.489 e. The monoisotopic (exact) mass is 563 g/mol. The molecule has 0 unspecified atom stereocenters. The van der Waals surface area contributed by atoms with Crippen molar-refractivity contribution in [2.45, 2.75) is 65.9 Å². The molecule has 0 fully saturated rings. The first kappa shape index (κ1) is 28.4. The Morgan fingerprint density at radius 2 is 1.36 bits per heavy atom. The Balaban J connectivity index is 1.49. The van der Waals surface area contributed by atoms with Crippen LogP contribution >= 0.6 is 0 Å². The van der Waals surface area contributed by atoms with Gasteiger partial charge in [-0.1, -0.05) is 88.4 Å². The number of fused-ring (bicyclic) bond motifs is 1. The average molecular weight is 564 g/mol. The summed E-state index contributed by atoms with van der Waals surface area (Å²) in [6.07, 6.45) is 2.47. The van der Waals surface area contributed by atoms with Crippen LogP contribution in [0.3, 0.4) is 0 Å². The molecule has 0 saturated heterocycles. The van der Waals surface area contributed by atoms with E-state index < -0.39 is 5.92 Å². The lowest BCUT2D eigenvalue weighted by molar-refractivity contribution is -0.119. The van der Waals surface area contributed by atoms with E-state index in [9.17, 15) is 9.59 Å². The second-order valence-corrected chi connectivity index (χ2v) is 13.6. The first-order chi connectivity index (χ1) is 20.1. The molecule has 5 heteroatoms. The van der Waals surface area contributed by atoms with E-state index in [1.54, 1.807) is 7.11 Å². The maximum absolute atomic E-state index is 14.1. The molecule has 0 saturated carbocycles. The summed E-state index contributed by atoms with van der Waals surface area (Å²) >= 11 is 0. The van der Waals surface area contributed by atoms with Crippen LogP contribution in [-0.4, -0.2) is 36.7 Å². The zero-order valence-electron chi connectivity index (χ0n) is 25.5. The van der Waals surface area contributed by atoms with Crippen molar-refractivity contribution in [1.29, 1.82) is 0 Å². The van der Waals surface area contributed by atoms with Crippen molar-refractivity contribution in [3.8, 4) is 5.75 Å². The molecule has 0 N–H and O–H groups in total. The summed E-state index contributed by atoms with van der Waals surface area (Å²) in [6.45, 7) is 10.2. The zero-order chi connectivity index (χ0) is 29.6. The molecule has 3 aliphatic rings. The number of carbonyl (C=O) groups is 2. The maximum Gasteiger partial charge on any atom is 0.162 e. The fourth-order valence-corrected chi connectivity index (χ4v) is 7.24. The van der Waals surface area contributed by atoms with Gasteiger partial charge in [-0.05, 0) is 46.1 Å². The van der Waals surface area contributed by atoms with E-state index in [1.807, 2.05) is 36.4 Å². The van der Waals surface area contributed by atoms with E-state index >= 15 is 0 Å². The van der Waals surface area contributed by atoms with Gasteiger partial charge in [0.25, 0.3) is 0 Å². The summed E-state index contributed by atoms with van der Waals surface area (Å²) in [6, 6.07) is 22.6. The van der Waals surface area contributed by atoms with Gasteiger partial charge in [0.15, 0.2) is 11.6 Å². The molecule has 3 aromatic carbocycles. The van der Waals surface area contributed by atoms with Crippen LogP contribution in [0.25, 0.3) is 10.8 Å². The third-order valence-corrected chi connectivity index (χ3v) is 9.03. The topological polar surface area (TPSA) is 55.8 Å². The molecule has 0 aromatic heterocycles. The lowest BCUT2D eigenvalue weighted by atomic mass is 9.63. The molecule has 1 aliphatic heterocycles. The second kappa shape index (κ2) is 10.9. The minimum Gasteiger partial charge on any atom is -0.489 e. The Hall–Kier alpha value is -3.70. The molecule has 0 amide bonds. The maximum atomic E-state index is 14.1. The lowest BCUT2D eigenvalue weighted by Gasteiger charge is -2.49. The van der Waals surface area contributed by atoms with Gasteiger partial charge in [-0.15, -0.1) is 0 Å². The number of Topliss-reactive ketones (excluding diaryl/α,β-unsaturated/α-hetero) is 2. The van der Waals surface area contributed by atoms with Gasteiger partial charge in [0.1, 0.15) is 12.4 Å². The molecule has 3 aromatic rings. The smallest absolute Gasteiger partial charge is 0.162 e. The summed E-state index contributed by atoms with van der Waals surface area (Å²) < 4.78 is 12.1. The van der Waals surface area contributed by atoms with Crippen LogP contribution in [-0.2, 0) is 20.9 Å². The van der Waals surface area contributed by atoms with Gasteiger partial charge in [-0.3, -0.25) is 9.59 Å². The Morgan fingerprint density at radius 1 is 0.762 bits per heavy atom. The van der Waals surface area contributed by atoms with Crippen molar-refractivity contribution in [3.05, 3.63) is 100 Å². The molecule has 0 atom stereocenters. The van der Waals surface area contributed by atoms with E-state index in [1.165, 1.54) is 5.39 Å². The number of ketones is 2. The number of para-hydroxylation sites is 1. The predicted molar refractivity (Wildman–Crippen MR) is 166 cm³/mol. The number of nitrogens with zero attached hydrogens (tertiary/aromatic N) is 1. The van der Waals surface area contributed by atoms with Crippen molar-refractivity contribution < 1.29 is 19.1 Å². The number of ether oxygens (including phenoxy) is 2. The van der Waals surface area contributed by atoms with Crippen molar-refractivity contribution >= 4 is 22.3 Å². The molecule has 1 heterocycles. The number of carbonyl (C=O) groups excluding carboxylic acids is 2. The highest BCUT2D eigenvalue weighted by atomic mass is 16.5. The Morgan fingerprint density at radius 3 is 2.02 bits per heavy atom. The summed E-state index contributed by atoms with van der Waals surface area (Å²) in [4.78, 5) is 30.5. The van der Waals surface area contributed by atoms with Gasteiger partial charge in [0.05, 0.1) is 6.61 Å². The van der Waals surface area contributed by atoms with Crippen LogP contribution in [0.1, 0.15) is 70.4 Å². The van der Waals surface area contributed by atoms with Crippen LogP contribution in [0.15, 0.2) is 89.3 Å². The fourth-order valence-electron chi connectivity index (χ4n) is 7.24. The summed E-state index contributed by atoms with van der Waals surface area (Å²) in [5.41, 5.74) is 5.29. The first-order valence-corrected chi connectivity index (χ1v) is 15.1. The number of benzene rings is 3. The standard InChI is InChI=1S/C37H41NO4/c1-36(2)19-28-34(30(39)21-36)33(35-29(38(28)17-18-41-5)20-37(3,4)22-31(35)40)27-15-8-9-16-32(27)42-23-25-13-10-12-24-11-6-7-14-26(24)25/h6-16,33H,17-23H2,1-5H3. The van der Waals surface area contributed by atoms with E-state index in [-0.39, 0.29) is 22.4 Å². The Labute approximate surface area is 249 Å². The third kappa shape index (κ3) is 5.20. The van der Waals surface area contributed by atoms with Gasteiger partial charge in [0, 0.05) is 60.5 Å². The van der Waals surface area contributed by atoms with E-state index in [0.29, 0.717) is 32.6 Å². The third-order valence-electron chi connectivity index (χ3n) is 9.03. The average Bonchev–Trinajstić information content (AvgIpc) is 2.93. The number of hydrogen-bond donors (Lipinski definition) is 0. The van der Waals surface area contributed by atoms with E-state index in [4.69, 9.17) is 9.47 Å². The number of rotatable bonds is 7. The molecule has 0 radical (unpaired) electrons. The van der Waals surface area contributed by atoms with Crippen LogP contribution in [0, 0.1) is 10.8 Å². The van der Waals surface area contributed by atoms with E-state index in [2.05, 4.69) is 62.9 Å². The molecular weight excluding hydrogens is 522 g/mol. The molecule has 0 spiro atoms. The molecule has 0 bridgehead atoms. The highest BCUT2D eigenvalue weighted by molar-refractivity contribution is 6.07. The van der Waals surface area contributed by atoms with Crippen molar-refractivity contribution in [3.63, 3.8) is 0 Å². The van der Waals surface area contributed by atoms with Crippen molar-refractivity contribution in [2.24, 2.45) is 10.8 Å². The quantitative estimate of drug-likeness (QED) is 0.294. The minimum absolute atomic E-state index is 0.127. The first-order valence-electron chi connectivity index (χ1n) is 15.1. The molecule has 42 heavy (non-hydrogen) atoms. The second-order valence-electron chi connectivity index (χ2n) is 13.6. The summed E-state index contributed by atoms with van der Waals surface area (Å²) in [5.74, 6) is 0.530. The van der Waals surface area contributed by atoms with Crippen LogP contribution in [0.2, 0.25) is 0 Å². The molecular formula is C37H41NO4. The molecule has 5 nitrogen and oxygen atoms in total. The lowest BCUT2D eigenvalue weighted by Crippen LogP contribution is -2.45. The van der Waals surface area contributed by atoms with Crippen LogP contribution in [0.4, 0.5) is 0 Å². The SMILES string of the molecule is COCCN1C2=C(C(=O)CC(C)(C)C2)C(c2ccccc2OCc2cccc3ccccc23)C2=C1CC(C)(C)CC2=O. The number of methoxy groups -OCH3 is 1. The van der Waals surface area contributed by atoms with E-state index in [0.717, 1.165) is 57.6 Å². The molecule has 218 valence electrons. The molecule has 6 rings (SSSR count). The van der Waals surface area contributed by atoms with Gasteiger partial charge in [-0.2, -0.15) is 0 Å². The van der Waals surface area contributed by atoms with Gasteiger partial charge >= 0.3 is 0 Å². The Kier molecular flexibility index (Phi) is 7.34. The highest BCUT2D eigenvalue weighted by Gasteiger charge is 2.49. The fraction of sp³-hybridized carbons (Fsp3) is 0.405. The van der Waals surface area contributed by atoms with Gasteiger partial charge in [0.2, 0.25) is 0 Å². The normalized spacial score (nSPS) is 20.2. The summed E-state index contributed by atoms with van der Waals surface area (Å²) in [5, 5.41) is 2.33. The van der Waals surface area contributed by atoms with Gasteiger partial charge in [-0.25, -0.2) is 0 Å². The minimum atomic E-state index is -0.440. The van der Waals surface area contributed by atoms with Crippen molar-refractivity contribution in [2.75, 3.05) is 20.3 Å². The highest BCUT2D eigenvalue weighted by Crippen LogP contribution is 2.55. The predicted octanol–water partition coefficient (Wildman–Crippen LogP) is 7.75. The molecule has 2 aliphatic carbocycles.